The van der Waals surface area contributed by atoms with E-state index in [9.17, 15) is 4.39 Å². The number of halogens is 1. The first kappa shape index (κ1) is 17.3. The molecule has 28 heavy (non-hydrogen) atoms. The maximum atomic E-state index is 13.8. The number of nitrogens with zero attached hydrogens (tertiary/aromatic N) is 5. The van der Waals surface area contributed by atoms with Gasteiger partial charge < -0.3 is 4.52 Å². The normalized spacial score (nSPS) is 12.8. The third-order valence-corrected chi connectivity index (χ3v) is 6.45. The average Bonchev–Trinajstić information content (AvgIpc) is 3.40. The number of aryl methyl sites for hydroxylation is 1. The number of benzene rings is 2. The van der Waals surface area contributed by atoms with Crippen LogP contribution in [0.4, 0.5) is 4.39 Å². The largest absolute Gasteiger partial charge is 0.338 e. The molecule has 0 amide bonds. The number of hydrogen-bond acceptors (Lipinski definition) is 7. The summed E-state index contributed by atoms with van der Waals surface area (Å²) >= 11 is 3.09. The van der Waals surface area contributed by atoms with Gasteiger partial charge in [0.2, 0.25) is 16.7 Å². The lowest BCUT2D eigenvalue weighted by molar-refractivity contribution is 0.380. The molecule has 0 spiro atoms. The van der Waals surface area contributed by atoms with E-state index in [0.29, 0.717) is 22.8 Å². The lowest BCUT2D eigenvalue weighted by Crippen LogP contribution is -1.93. The molecule has 1 unspecified atom stereocenters. The summed E-state index contributed by atoms with van der Waals surface area (Å²) in [7, 11) is 0. The van der Waals surface area contributed by atoms with Crippen LogP contribution in [-0.2, 0) is 0 Å². The first-order chi connectivity index (χ1) is 13.6. The van der Waals surface area contributed by atoms with Crippen molar-refractivity contribution in [3.05, 3.63) is 59.7 Å². The molecule has 0 fully saturated rings. The maximum absolute atomic E-state index is 13.8. The van der Waals surface area contributed by atoms with Gasteiger partial charge in [-0.2, -0.15) is 4.98 Å². The van der Waals surface area contributed by atoms with Gasteiger partial charge in [-0.05, 0) is 37.6 Å². The minimum atomic E-state index is -0.290. The Labute approximate surface area is 167 Å². The van der Waals surface area contributed by atoms with E-state index < -0.39 is 0 Å². The highest BCUT2D eigenvalue weighted by molar-refractivity contribution is 7.99. The Hall–Kier alpha value is -2.78. The molecule has 3 heterocycles. The summed E-state index contributed by atoms with van der Waals surface area (Å²) in [5, 5.41) is 13.2. The molecule has 0 N–H and O–H groups in total. The molecule has 3 aromatic heterocycles. The highest BCUT2D eigenvalue weighted by Gasteiger charge is 2.21. The number of thiazole rings is 1. The highest BCUT2D eigenvalue weighted by Crippen LogP contribution is 2.37. The Morgan fingerprint density at radius 3 is 2.89 bits per heavy atom. The van der Waals surface area contributed by atoms with Gasteiger partial charge in [-0.1, -0.05) is 52.5 Å². The smallest absolute Gasteiger partial charge is 0.240 e. The summed E-state index contributed by atoms with van der Waals surface area (Å²) < 4.78 is 22.4. The number of para-hydroxylation sites is 1. The van der Waals surface area contributed by atoms with E-state index in [1.54, 1.807) is 30.4 Å². The monoisotopic (exact) mass is 411 g/mol. The van der Waals surface area contributed by atoms with Crippen molar-refractivity contribution in [3.63, 3.8) is 0 Å². The number of rotatable bonds is 4. The molecule has 1 atom stereocenters. The van der Waals surface area contributed by atoms with Crippen LogP contribution in [0.1, 0.15) is 23.6 Å². The van der Waals surface area contributed by atoms with Gasteiger partial charge in [-0.25, -0.2) is 4.39 Å². The van der Waals surface area contributed by atoms with Crippen molar-refractivity contribution >= 4 is 38.3 Å². The Morgan fingerprint density at radius 1 is 1.18 bits per heavy atom. The molecule has 9 heteroatoms. The standard InChI is InChI=1S/C19H14FN5OS2/c1-10-7-8-12(9-13(10)20)16-21-17(26-24-16)11(2)27-18-22-23-19-25(18)14-5-3-4-6-15(14)28-19/h3-9,11H,1-2H3. The fraction of sp³-hybridized carbons (Fsp3) is 0.158. The molecule has 0 aliphatic carbocycles. The number of hydrogen-bond donors (Lipinski definition) is 0. The van der Waals surface area contributed by atoms with Crippen molar-refractivity contribution in [2.24, 2.45) is 0 Å². The van der Waals surface area contributed by atoms with Crippen molar-refractivity contribution in [3.8, 4) is 11.4 Å². The van der Waals surface area contributed by atoms with Gasteiger partial charge in [-0.3, -0.25) is 4.40 Å². The summed E-state index contributed by atoms with van der Waals surface area (Å²) in [6.45, 7) is 3.68. The third-order valence-electron chi connectivity index (χ3n) is 4.41. The minimum absolute atomic E-state index is 0.136. The SMILES string of the molecule is Cc1ccc(-c2noc(C(C)Sc3nnc4sc5ccccc5n34)n2)cc1F. The Bertz CT molecular complexity index is 1310. The van der Waals surface area contributed by atoms with Crippen LogP contribution in [0.15, 0.2) is 52.1 Å². The van der Waals surface area contributed by atoms with Gasteiger partial charge in [-0.15, -0.1) is 10.2 Å². The third kappa shape index (κ3) is 2.87. The van der Waals surface area contributed by atoms with Gasteiger partial charge in [0.15, 0.2) is 5.16 Å². The second-order valence-electron chi connectivity index (χ2n) is 6.35. The number of aromatic nitrogens is 5. The fourth-order valence-corrected chi connectivity index (χ4v) is 4.80. The molecule has 5 aromatic rings. The molecule has 5 rings (SSSR count). The van der Waals surface area contributed by atoms with Crippen LogP contribution in [0.3, 0.4) is 0 Å². The molecule has 140 valence electrons. The molecule has 0 saturated heterocycles. The molecule has 0 radical (unpaired) electrons. The molecule has 6 nitrogen and oxygen atoms in total. The van der Waals surface area contributed by atoms with Crippen LogP contribution < -0.4 is 0 Å². The summed E-state index contributed by atoms with van der Waals surface area (Å²) in [6.07, 6.45) is 0. The molecule has 0 aliphatic heterocycles. The van der Waals surface area contributed by atoms with Crippen molar-refractivity contribution in [2.45, 2.75) is 24.3 Å². The lowest BCUT2D eigenvalue weighted by Gasteiger charge is -2.04. The second kappa shape index (κ2) is 6.68. The fourth-order valence-electron chi connectivity index (χ4n) is 2.89. The minimum Gasteiger partial charge on any atom is -0.338 e. The number of thioether (sulfide) groups is 1. The Kier molecular flexibility index (Phi) is 4.13. The van der Waals surface area contributed by atoms with Gasteiger partial charge in [0.25, 0.3) is 0 Å². The van der Waals surface area contributed by atoms with Crippen molar-refractivity contribution in [2.75, 3.05) is 0 Å². The summed E-state index contributed by atoms with van der Waals surface area (Å²) in [4.78, 5) is 5.29. The zero-order chi connectivity index (χ0) is 19.3. The van der Waals surface area contributed by atoms with E-state index in [-0.39, 0.29) is 11.1 Å². The van der Waals surface area contributed by atoms with E-state index >= 15 is 0 Å². The molecule has 0 saturated carbocycles. The van der Waals surface area contributed by atoms with Crippen LogP contribution in [0.2, 0.25) is 0 Å². The van der Waals surface area contributed by atoms with Crippen LogP contribution >= 0.6 is 23.1 Å². The van der Waals surface area contributed by atoms with Crippen molar-refractivity contribution in [1.29, 1.82) is 0 Å². The van der Waals surface area contributed by atoms with Crippen molar-refractivity contribution < 1.29 is 8.91 Å². The summed E-state index contributed by atoms with van der Waals surface area (Å²) in [5.41, 5.74) is 2.24. The van der Waals surface area contributed by atoms with Gasteiger partial charge in [0.1, 0.15) is 5.82 Å². The van der Waals surface area contributed by atoms with Crippen LogP contribution in [0, 0.1) is 12.7 Å². The first-order valence-corrected chi connectivity index (χ1v) is 10.3. The van der Waals surface area contributed by atoms with E-state index in [1.807, 2.05) is 29.5 Å². The highest BCUT2D eigenvalue weighted by atomic mass is 32.2. The lowest BCUT2D eigenvalue weighted by atomic mass is 10.1. The van der Waals surface area contributed by atoms with Crippen LogP contribution in [-0.4, -0.2) is 24.7 Å². The zero-order valence-corrected chi connectivity index (χ0v) is 16.6. The Morgan fingerprint density at radius 2 is 2.04 bits per heavy atom. The summed E-state index contributed by atoms with van der Waals surface area (Å²) in [5.74, 6) is 0.535. The van der Waals surface area contributed by atoms with Gasteiger partial charge in [0, 0.05) is 5.56 Å². The van der Waals surface area contributed by atoms with E-state index in [4.69, 9.17) is 4.52 Å². The first-order valence-electron chi connectivity index (χ1n) is 8.59. The molecular formula is C19H14FN5OS2. The van der Waals surface area contributed by atoms with Gasteiger partial charge >= 0.3 is 0 Å². The van der Waals surface area contributed by atoms with E-state index in [1.165, 1.54) is 17.8 Å². The molecule has 2 aromatic carbocycles. The quantitative estimate of drug-likeness (QED) is 0.374. The van der Waals surface area contributed by atoms with Crippen LogP contribution in [0.5, 0.6) is 0 Å². The van der Waals surface area contributed by atoms with Crippen LogP contribution in [0.25, 0.3) is 26.6 Å². The predicted octanol–water partition coefficient (Wildman–Crippen LogP) is 5.29. The molecule has 0 bridgehead atoms. The van der Waals surface area contributed by atoms with Crippen molar-refractivity contribution in [1.82, 2.24) is 24.7 Å². The molecule has 0 aliphatic rings. The van der Waals surface area contributed by atoms with Gasteiger partial charge in [0.05, 0.1) is 15.5 Å². The predicted molar refractivity (Wildman–Crippen MR) is 107 cm³/mol. The maximum Gasteiger partial charge on any atom is 0.240 e. The summed E-state index contributed by atoms with van der Waals surface area (Å²) in [6, 6.07) is 13.0. The van der Waals surface area contributed by atoms with E-state index in [2.05, 4.69) is 26.4 Å². The van der Waals surface area contributed by atoms with E-state index in [0.717, 1.165) is 20.3 Å². The molecular weight excluding hydrogens is 397 g/mol. The number of fused-ring (bicyclic) bond motifs is 3. The zero-order valence-electron chi connectivity index (χ0n) is 15.0. The average molecular weight is 411 g/mol. The second-order valence-corrected chi connectivity index (χ2v) is 8.67. The Balaban J connectivity index is 1.45. The topological polar surface area (TPSA) is 69.1 Å².